The third kappa shape index (κ3) is 4.70. The van der Waals surface area contributed by atoms with E-state index >= 15 is 0 Å². The molecule has 0 heterocycles. The van der Waals surface area contributed by atoms with E-state index in [4.69, 9.17) is 0 Å². The van der Waals surface area contributed by atoms with Gasteiger partial charge < -0.3 is 5.32 Å². The Morgan fingerprint density at radius 3 is 2.57 bits per heavy atom. The van der Waals surface area contributed by atoms with Gasteiger partial charge in [0.15, 0.2) is 0 Å². The second kappa shape index (κ2) is 8.31. The van der Waals surface area contributed by atoms with E-state index in [1.165, 1.54) is 24.6 Å². The number of anilines is 1. The molecule has 0 unspecified atom stereocenters. The molecule has 1 aliphatic rings. The van der Waals surface area contributed by atoms with Crippen molar-refractivity contribution in [1.29, 1.82) is 0 Å². The van der Waals surface area contributed by atoms with Crippen molar-refractivity contribution in [2.75, 3.05) is 4.72 Å². The summed E-state index contributed by atoms with van der Waals surface area (Å²) in [5, 5.41) is 3.05. The van der Waals surface area contributed by atoms with Gasteiger partial charge in [0.1, 0.15) is 5.82 Å². The third-order valence-electron chi connectivity index (χ3n) is 5.26. The lowest BCUT2D eigenvalue weighted by molar-refractivity contribution is 0.0910. The van der Waals surface area contributed by atoms with Crippen LogP contribution in [0.1, 0.15) is 48.5 Å². The second-order valence-electron chi connectivity index (χ2n) is 7.44. The largest absolute Gasteiger partial charge is 0.349 e. The van der Waals surface area contributed by atoms with Crippen molar-refractivity contribution in [3.8, 4) is 0 Å². The average Bonchev–Trinajstić information content (AvgIpc) is 2.65. The highest BCUT2D eigenvalue weighted by atomic mass is 32.2. The van der Waals surface area contributed by atoms with Gasteiger partial charge in [0, 0.05) is 17.3 Å². The minimum Gasteiger partial charge on any atom is -0.349 e. The molecule has 0 aromatic heterocycles. The van der Waals surface area contributed by atoms with Crippen molar-refractivity contribution >= 4 is 21.6 Å². The van der Waals surface area contributed by atoms with E-state index in [1.807, 2.05) is 0 Å². The monoisotopic (exact) mass is 404 g/mol. The zero-order valence-corrected chi connectivity index (χ0v) is 16.9. The zero-order chi connectivity index (χ0) is 20.3. The average molecular weight is 405 g/mol. The van der Waals surface area contributed by atoms with Crippen molar-refractivity contribution < 1.29 is 17.6 Å². The predicted octanol–water partition coefficient (Wildman–Crippen LogP) is 4.24. The maximum atomic E-state index is 13.7. The Labute approximate surface area is 165 Å². The van der Waals surface area contributed by atoms with E-state index in [0.717, 1.165) is 25.3 Å². The van der Waals surface area contributed by atoms with Crippen LogP contribution in [0.15, 0.2) is 47.4 Å². The molecule has 150 valence electrons. The molecular weight excluding hydrogens is 379 g/mol. The zero-order valence-electron chi connectivity index (χ0n) is 16.0. The van der Waals surface area contributed by atoms with E-state index in [2.05, 4.69) is 17.0 Å². The summed E-state index contributed by atoms with van der Waals surface area (Å²) >= 11 is 0. The molecule has 0 aliphatic heterocycles. The van der Waals surface area contributed by atoms with Gasteiger partial charge in [0.25, 0.3) is 15.9 Å². The SMILES string of the molecule is Cc1ccc(S(=O)(=O)Nc2cccc(C(=O)N[C@H]3CCCC[C@H]3C)c2)cc1F. The summed E-state index contributed by atoms with van der Waals surface area (Å²) in [4.78, 5) is 12.4. The highest BCUT2D eigenvalue weighted by Gasteiger charge is 2.23. The molecule has 0 spiro atoms. The van der Waals surface area contributed by atoms with Crippen LogP contribution in [-0.4, -0.2) is 20.4 Å². The normalized spacial score (nSPS) is 19.8. The fraction of sp³-hybridized carbons (Fsp3) is 0.381. The number of hydrogen-bond acceptors (Lipinski definition) is 3. The van der Waals surface area contributed by atoms with E-state index in [9.17, 15) is 17.6 Å². The van der Waals surface area contributed by atoms with Crippen molar-refractivity contribution in [1.82, 2.24) is 5.32 Å². The molecular formula is C21H25FN2O3S. The van der Waals surface area contributed by atoms with E-state index in [0.29, 0.717) is 17.0 Å². The van der Waals surface area contributed by atoms with Crippen LogP contribution in [0.3, 0.4) is 0 Å². The highest BCUT2D eigenvalue weighted by Crippen LogP contribution is 2.24. The van der Waals surface area contributed by atoms with Crippen molar-refractivity contribution in [3.05, 3.63) is 59.4 Å². The summed E-state index contributed by atoms with van der Waals surface area (Å²) in [6.45, 7) is 3.70. The van der Waals surface area contributed by atoms with Gasteiger partial charge in [-0.3, -0.25) is 9.52 Å². The molecule has 7 heteroatoms. The second-order valence-corrected chi connectivity index (χ2v) is 9.12. The van der Waals surface area contributed by atoms with Crippen LogP contribution in [0.25, 0.3) is 0 Å². The first-order valence-corrected chi connectivity index (χ1v) is 10.9. The minimum atomic E-state index is -3.95. The fourth-order valence-corrected chi connectivity index (χ4v) is 4.52. The first-order chi connectivity index (χ1) is 13.3. The van der Waals surface area contributed by atoms with Crippen LogP contribution in [-0.2, 0) is 10.0 Å². The Morgan fingerprint density at radius 1 is 1.11 bits per heavy atom. The third-order valence-corrected chi connectivity index (χ3v) is 6.64. The number of carbonyl (C=O) groups excluding carboxylic acids is 1. The predicted molar refractivity (Wildman–Crippen MR) is 107 cm³/mol. The molecule has 0 radical (unpaired) electrons. The Kier molecular flexibility index (Phi) is 6.03. The van der Waals surface area contributed by atoms with Gasteiger partial charge in [-0.25, -0.2) is 12.8 Å². The number of amides is 1. The fourth-order valence-electron chi connectivity index (χ4n) is 3.46. The van der Waals surface area contributed by atoms with Crippen LogP contribution in [0.4, 0.5) is 10.1 Å². The lowest BCUT2D eigenvalue weighted by Gasteiger charge is -2.29. The Balaban J connectivity index is 1.75. The molecule has 28 heavy (non-hydrogen) atoms. The van der Waals surface area contributed by atoms with Gasteiger partial charge in [-0.15, -0.1) is 0 Å². The molecule has 5 nitrogen and oxygen atoms in total. The summed E-state index contributed by atoms with van der Waals surface area (Å²) in [7, 11) is -3.95. The number of rotatable bonds is 5. The molecule has 2 N–H and O–H groups in total. The maximum absolute atomic E-state index is 13.7. The first-order valence-electron chi connectivity index (χ1n) is 9.46. The van der Waals surface area contributed by atoms with Gasteiger partial charge in [0.2, 0.25) is 0 Å². The van der Waals surface area contributed by atoms with E-state index < -0.39 is 15.8 Å². The van der Waals surface area contributed by atoms with Crippen LogP contribution >= 0.6 is 0 Å². The minimum absolute atomic E-state index is 0.136. The lowest BCUT2D eigenvalue weighted by atomic mass is 9.86. The molecule has 1 amide bonds. The summed E-state index contributed by atoms with van der Waals surface area (Å²) in [5.41, 5.74) is 1.01. The summed E-state index contributed by atoms with van der Waals surface area (Å²) in [6.07, 6.45) is 4.34. The van der Waals surface area contributed by atoms with Crippen LogP contribution in [0, 0.1) is 18.7 Å². The van der Waals surface area contributed by atoms with Crippen molar-refractivity contribution in [2.45, 2.75) is 50.5 Å². The van der Waals surface area contributed by atoms with Crippen molar-refractivity contribution in [3.63, 3.8) is 0 Å². The number of hydrogen-bond donors (Lipinski definition) is 2. The Morgan fingerprint density at radius 2 is 1.86 bits per heavy atom. The molecule has 0 bridgehead atoms. The molecule has 2 aromatic carbocycles. The number of halogens is 1. The molecule has 1 saturated carbocycles. The standard InChI is InChI=1S/C21H25FN2O3S/c1-14-10-11-18(13-19(14)22)28(26,27)24-17-8-5-7-16(12-17)21(25)23-20-9-4-3-6-15(20)2/h5,7-8,10-13,15,20,24H,3-4,6,9H2,1-2H3,(H,23,25)/t15-,20+/m1/s1. The van der Waals surface area contributed by atoms with Gasteiger partial charge >= 0.3 is 0 Å². The van der Waals surface area contributed by atoms with Crippen molar-refractivity contribution in [2.24, 2.45) is 5.92 Å². The topological polar surface area (TPSA) is 75.3 Å². The summed E-state index contributed by atoms with van der Waals surface area (Å²) in [6, 6.07) is 10.2. The van der Waals surface area contributed by atoms with Gasteiger partial charge in [0.05, 0.1) is 4.90 Å². The van der Waals surface area contributed by atoms with Gasteiger partial charge in [-0.05, 0) is 61.6 Å². The number of sulfonamides is 1. The van der Waals surface area contributed by atoms with E-state index in [1.54, 1.807) is 25.1 Å². The number of nitrogens with one attached hydrogen (secondary N) is 2. The number of aryl methyl sites for hydroxylation is 1. The highest BCUT2D eigenvalue weighted by molar-refractivity contribution is 7.92. The number of benzene rings is 2. The smallest absolute Gasteiger partial charge is 0.261 e. The van der Waals surface area contributed by atoms with Crippen LogP contribution in [0.5, 0.6) is 0 Å². The maximum Gasteiger partial charge on any atom is 0.261 e. The summed E-state index contributed by atoms with van der Waals surface area (Å²) in [5.74, 6) is -0.380. The lowest BCUT2D eigenvalue weighted by Crippen LogP contribution is -2.41. The quantitative estimate of drug-likeness (QED) is 0.783. The summed E-state index contributed by atoms with van der Waals surface area (Å²) < 4.78 is 41.2. The molecule has 2 aromatic rings. The van der Waals surface area contributed by atoms with E-state index in [-0.39, 0.29) is 22.5 Å². The first kappa shape index (κ1) is 20.3. The molecule has 2 atom stereocenters. The van der Waals surface area contributed by atoms with Crippen LogP contribution in [0.2, 0.25) is 0 Å². The molecule has 0 saturated heterocycles. The van der Waals surface area contributed by atoms with Gasteiger partial charge in [-0.1, -0.05) is 31.9 Å². The Bertz CT molecular complexity index is 975. The van der Waals surface area contributed by atoms with Gasteiger partial charge in [-0.2, -0.15) is 0 Å². The number of carbonyl (C=O) groups is 1. The molecule has 1 fully saturated rings. The van der Waals surface area contributed by atoms with Crippen LogP contribution < -0.4 is 10.0 Å². The molecule has 1 aliphatic carbocycles. The Hall–Kier alpha value is -2.41. The molecule has 3 rings (SSSR count).